The van der Waals surface area contributed by atoms with Gasteiger partial charge in [-0.2, -0.15) is 0 Å². The maximum atomic E-state index is 11.6. The van der Waals surface area contributed by atoms with Gasteiger partial charge in [-0.05, 0) is 19.8 Å². The average Bonchev–Trinajstić information content (AvgIpc) is 2.79. The second kappa shape index (κ2) is 5.12. The van der Waals surface area contributed by atoms with Crippen molar-refractivity contribution in [3.05, 3.63) is 17.8 Å². The maximum Gasteiger partial charge on any atom is 0.360 e. The van der Waals surface area contributed by atoms with Crippen molar-refractivity contribution in [2.75, 3.05) is 19.8 Å². The molecule has 5 nitrogen and oxygen atoms in total. The summed E-state index contributed by atoms with van der Waals surface area (Å²) in [6.45, 7) is 3.52. The summed E-state index contributed by atoms with van der Waals surface area (Å²) in [5, 5.41) is 0. The molecule has 16 heavy (non-hydrogen) atoms. The van der Waals surface area contributed by atoms with Gasteiger partial charge >= 0.3 is 5.97 Å². The molecule has 1 saturated heterocycles. The first kappa shape index (κ1) is 11.1. The predicted octanol–water partition coefficient (Wildman–Crippen LogP) is 1.75. The molecule has 88 valence electrons. The van der Waals surface area contributed by atoms with Crippen LogP contribution >= 0.6 is 0 Å². The van der Waals surface area contributed by atoms with E-state index in [0.717, 1.165) is 12.8 Å². The van der Waals surface area contributed by atoms with Crippen molar-refractivity contribution in [1.82, 2.24) is 4.98 Å². The van der Waals surface area contributed by atoms with Gasteiger partial charge in [0.25, 0.3) is 0 Å². The lowest BCUT2D eigenvalue weighted by Crippen LogP contribution is -2.17. The zero-order valence-electron chi connectivity index (χ0n) is 9.27. The minimum atomic E-state index is -0.405. The third-order valence-electron chi connectivity index (χ3n) is 2.66. The molecule has 0 atom stereocenters. The molecule has 2 rings (SSSR count). The van der Waals surface area contributed by atoms with Gasteiger partial charge in [-0.1, -0.05) is 0 Å². The number of hydrogen-bond donors (Lipinski definition) is 0. The van der Waals surface area contributed by atoms with Crippen LogP contribution in [0, 0.1) is 0 Å². The van der Waals surface area contributed by atoms with E-state index in [4.69, 9.17) is 13.9 Å². The quantitative estimate of drug-likeness (QED) is 0.733. The van der Waals surface area contributed by atoms with E-state index in [1.54, 1.807) is 6.92 Å². The van der Waals surface area contributed by atoms with E-state index in [9.17, 15) is 4.79 Å². The smallest absolute Gasteiger partial charge is 0.360 e. The zero-order chi connectivity index (χ0) is 11.4. The van der Waals surface area contributed by atoms with Crippen molar-refractivity contribution in [3.63, 3.8) is 0 Å². The van der Waals surface area contributed by atoms with E-state index in [2.05, 4.69) is 4.98 Å². The summed E-state index contributed by atoms with van der Waals surface area (Å²) in [6.07, 6.45) is 3.03. The van der Waals surface area contributed by atoms with Gasteiger partial charge in [-0.15, -0.1) is 0 Å². The van der Waals surface area contributed by atoms with E-state index >= 15 is 0 Å². The van der Waals surface area contributed by atoms with Gasteiger partial charge in [0, 0.05) is 19.1 Å². The summed E-state index contributed by atoms with van der Waals surface area (Å²) in [4.78, 5) is 15.5. The summed E-state index contributed by atoms with van der Waals surface area (Å²) in [6, 6.07) is 0. The van der Waals surface area contributed by atoms with Crippen molar-refractivity contribution < 1.29 is 18.7 Å². The third kappa shape index (κ3) is 2.24. The van der Waals surface area contributed by atoms with Crippen LogP contribution in [0.4, 0.5) is 0 Å². The van der Waals surface area contributed by atoms with Gasteiger partial charge in [0.1, 0.15) is 5.76 Å². The van der Waals surface area contributed by atoms with Crippen LogP contribution in [0.15, 0.2) is 10.8 Å². The van der Waals surface area contributed by atoms with Crippen molar-refractivity contribution in [2.45, 2.75) is 25.7 Å². The molecule has 2 heterocycles. The fourth-order valence-electron chi connectivity index (χ4n) is 1.86. The Bertz CT molecular complexity index is 355. The molecular weight excluding hydrogens is 210 g/mol. The van der Waals surface area contributed by atoms with Gasteiger partial charge in [0.05, 0.1) is 6.61 Å². The lowest BCUT2D eigenvalue weighted by Gasteiger charge is -2.20. The predicted molar refractivity (Wildman–Crippen MR) is 55.3 cm³/mol. The Balaban J connectivity index is 2.14. The summed E-state index contributed by atoms with van der Waals surface area (Å²) in [5.74, 6) is 0.454. The largest absolute Gasteiger partial charge is 0.461 e. The molecule has 1 aliphatic heterocycles. The molecule has 0 spiro atoms. The second-order valence-corrected chi connectivity index (χ2v) is 3.67. The van der Waals surface area contributed by atoms with Gasteiger partial charge in [-0.3, -0.25) is 0 Å². The number of carbonyl (C=O) groups is 1. The fraction of sp³-hybridized carbons (Fsp3) is 0.636. The molecule has 0 radical (unpaired) electrons. The molecule has 5 heteroatoms. The Hall–Kier alpha value is -1.36. The van der Waals surface area contributed by atoms with Crippen LogP contribution in [0.1, 0.15) is 41.9 Å². The van der Waals surface area contributed by atoms with Crippen LogP contribution in [0.2, 0.25) is 0 Å². The van der Waals surface area contributed by atoms with E-state index in [0.29, 0.717) is 31.3 Å². The average molecular weight is 225 g/mol. The monoisotopic (exact) mass is 225 g/mol. The van der Waals surface area contributed by atoms with Crippen LogP contribution in [0.25, 0.3) is 0 Å². The normalized spacial score (nSPS) is 17.3. The van der Waals surface area contributed by atoms with E-state index in [-0.39, 0.29) is 5.92 Å². The van der Waals surface area contributed by atoms with Crippen molar-refractivity contribution in [1.29, 1.82) is 0 Å². The lowest BCUT2D eigenvalue weighted by molar-refractivity contribution is 0.0509. The maximum absolute atomic E-state index is 11.6. The highest BCUT2D eigenvalue weighted by Crippen LogP contribution is 2.29. The highest BCUT2D eigenvalue weighted by molar-refractivity contribution is 5.88. The first-order valence-electron chi connectivity index (χ1n) is 5.51. The molecule has 0 N–H and O–H groups in total. The second-order valence-electron chi connectivity index (χ2n) is 3.67. The standard InChI is InChI=1S/C11H15NO4/c1-2-15-11(13)9-10(16-7-12-9)8-3-5-14-6-4-8/h7-8H,2-6H2,1H3. The molecule has 0 aliphatic carbocycles. The van der Waals surface area contributed by atoms with Gasteiger partial charge < -0.3 is 13.9 Å². The van der Waals surface area contributed by atoms with Crippen molar-refractivity contribution >= 4 is 5.97 Å². The van der Waals surface area contributed by atoms with Crippen LogP contribution in [0.3, 0.4) is 0 Å². The Labute approximate surface area is 93.7 Å². The molecule has 0 bridgehead atoms. The van der Waals surface area contributed by atoms with Crippen LogP contribution in [-0.2, 0) is 9.47 Å². The zero-order valence-corrected chi connectivity index (χ0v) is 9.27. The molecule has 0 unspecified atom stereocenters. The Kier molecular flexibility index (Phi) is 3.56. The number of rotatable bonds is 3. The summed E-state index contributed by atoms with van der Waals surface area (Å²) < 4.78 is 15.5. The minimum Gasteiger partial charge on any atom is -0.461 e. The molecule has 1 aromatic rings. The summed E-state index contributed by atoms with van der Waals surface area (Å²) in [5.41, 5.74) is 0.314. The minimum absolute atomic E-state index is 0.218. The van der Waals surface area contributed by atoms with Gasteiger partial charge in [0.15, 0.2) is 12.1 Å². The highest BCUT2D eigenvalue weighted by atomic mass is 16.5. The number of aromatic nitrogens is 1. The van der Waals surface area contributed by atoms with Gasteiger partial charge in [0.2, 0.25) is 0 Å². The molecular formula is C11H15NO4. The first-order chi connectivity index (χ1) is 7.83. The number of oxazole rings is 1. The number of ether oxygens (including phenoxy) is 2. The molecule has 1 aliphatic rings. The number of esters is 1. The molecule has 0 aromatic carbocycles. The number of hydrogen-bond acceptors (Lipinski definition) is 5. The van der Waals surface area contributed by atoms with Gasteiger partial charge in [-0.25, -0.2) is 9.78 Å². The number of carbonyl (C=O) groups excluding carboxylic acids is 1. The fourth-order valence-corrected chi connectivity index (χ4v) is 1.86. The molecule has 0 amide bonds. The third-order valence-corrected chi connectivity index (χ3v) is 2.66. The highest BCUT2D eigenvalue weighted by Gasteiger charge is 2.26. The molecule has 0 saturated carbocycles. The van der Waals surface area contributed by atoms with Crippen molar-refractivity contribution in [2.24, 2.45) is 0 Å². The Morgan fingerprint density at radius 3 is 3.00 bits per heavy atom. The van der Waals surface area contributed by atoms with Crippen LogP contribution in [-0.4, -0.2) is 30.8 Å². The topological polar surface area (TPSA) is 61.6 Å². The Morgan fingerprint density at radius 2 is 2.31 bits per heavy atom. The molecule has 1 aromatic heterocycles. The van der Waals surface area contributed by atoms with Crippen LogP contribution in [0.5, 0.6) is 0 Å². The lowest BCUT2D eigenvalue weighted by atomic mass is 9.96. The number of nitrogens with zero attached hydrogens (tertiary/aromatic N) is 1. The van der Waals surface area contributed by atoms with E-state index in [1.807, 2.05) is 0 Å². The van der Waals surface area contributed by atoms with E-state index in [1.165, 1.54) is 6.39 Å². The first-order valence-corrected chi connectivity index (χ1v) is 5.51. The summed E-state index contributed by atoms with van der Waals surface area (Å²) >= 11 is 0. The Morgan fingerprint density at radius 1 is 1.56 bits per heavy atom. The SMILES string of the molecule is CCOC(=O)c1ncoc1C1CCOCC1. The van der Waals surface area contributed by atoms with Crippen molar-refractivity contribution in [3.8, 4) is 0 Å². The summed E-state index contributed by atoms with van der Waals surface area (Å²) in [7, 11) is 0. The molecule has 1 fully saturated rings. The van der Waals surface area contributed by atoms with Crippen LogP contribution < -0.4 is 0 Å². The van der Waals surface area contributed by atoms with E-state index < -0.39 is 5.97 Å².